The topological polar surface area (TPSA) is 105 Å². The number of hydrogen-bond acceptors (Lipinski definition) is 7. The summed E-state index contributed by atoms with van der Waals surface area (Å²) in [5, 5.41) is 22.6. The number of nitrogens with one attached hydrogen (secondary N) is 1. The average molecular weight is 406 g/mol. The lowest BCUT2D eigenvalue weighted by atomic mass is 10.2. The van der Waals surface area contributed by atoms with Crippen LogP contribution in [-0.4, -0.2) is 36.3 Å². The Kier molecular flexibility index (Phi) is 4.18. The first-order valence-corrected chi connectivity index (χ1v) is 8.72. The summed E-state index contributed by atoms with van der Waals surface area (Å²) in [7, 11) is 0. The van der Waals surface area contributed by atoms with E-state index in [9.17, 15) is 10.2 Å². The molecule has 1 saturated heterocycles. The number of halogens is 1. The van der Waals surface area contributed by atoms with Gasteiger partial charge in [0.15, 0.2) is 17.0 Å². The maximum atomic E-state index is 9.97. The van der Waals surface area contributed by atoms with E-state index in [0.717, 1.165) is 25.9 Å². The molecule has 3 heterocycles. The van der Waals surface area contributed by atoms with Crippen LogP contribution in [-0.2, 0) is 4.74 Å². The van der Waals surface area contributed by atoms with E-state index in [-0.39, 0.29) is 17.7 Å². The standard InChI is InChI=1S/C16H16BrN5O3/c17-16-20-14(19-10-7-9(23)4-5-11(10)24)13-15(21-16)22(8-18-13)12-3-1-2-6-25-12/h4-5,7-8,12,23-24H,1-3,6H2,(H,19,20,21). The van der Waals surface area contributed by atoms with Gasteiger partial charge >= 0.3 is 0 Å². The third-order valence-electron chi connectivity index (χ3n) is 4.09. The van der Waals surface area contributed by atoms with E-state index in [0.29, 0.717) is 27.4 Å². The number of imidazole rings is 1. The molecule has 0 spiro atoms. The summed E-state index contributed by atoms with van der Waals surface area (Å²) in [6.45, 7) is 0.721. The zero-order valence-electron chi connectivity index (χ0n) is 13.2. The number of hydrogen-bond donors (Lipinski definition) is 3. The minimum atomic E-state index is -0.0948. The molecule has 1 aliphatic rings. The van der Waals surface area contributed by atoms with E-state index in [2.05, 4.69) is 36.2 Å². The molecule has 1 fully saturated rings. The van der Waals surface area contributed by atoms with Crippen LogP contribution in [0.5, 0.6) is 11.5 Å². The molecule has 0 saturated carbocycles. The van der Waals surface area contributed by atoms with Crippen LogP contribution in [0.25, 0.3) is 11.2 Å². The Hall–Kier alpha value is -2.39. The molecule has 25 heavy (non-hydrogen) atoms. The molecule has 0 bridgehead atoms. The minimum Gasteiger partial charge on any atom is -0.508 e. The van der Waals surface area contributed by atoms with Crippen LogP contribution in [0.15, 0.2) is 29.3 Å². The smallest absolute Gasteiger partial charge is 0.200 e. The number of fused-ring (bicyclic) bond motifs is 1. The van der Waals surface area contributed by atoms with E-state index in [1.807, 2.05) is 4.57 Å². The predicted octanol–water partition coefficient (Wildman–Crippen LogP) is 3.44. The van der Waals surface area contributed by atoms with Gasteiger partial charge in [-0.05, 0) is 47.3 Å². The highest BCUT2D eigenvalue weighted by atomic mass is 79.9. The summed E-state index contributed by atoms with van der Waals surface area (Å²) in [6, 6.07) is 4.22. The number of nitrogens with zero attached hydrogens (tertiary/aromatic N) is 4. The maximum absolute atomic E-state index is 9.97. The molecule has 0 amide bonds. The van der Waals surface area contributed by atoms with Crippen molar-refractivity contribution < 1.29 is 14.9 Å². The van der Waals surface area contributed by atoms with Gasteiger partial charge < -0.3 is 20.3 Å². The SMILES string of the molecule is Oc1ccc(O)c(Nc2nc(Br)nc3c2ncn3C2CCCCO2)c1. The number of rotatable bonds is 3. The fourth-order valence-corrected chi connectivity index (χ4v) is 3.23. The molecule has 2 aromatic heterocycles. The van der Waals surface area contributed by atoms with Gasteiger partial charge in [0.2, 0.25) is 4.73 Å². The number of phenolic OH excluding ortho intramolecular Hbond substituents is 2. The molecule has 1 atom stereocenters. The minimum absolute atomic E-state index is 0.00395. The van der Waals surface area contributed by atoms with Crippen molar-refractivity contribution in [3.63, 3.8) is 0 Å². The summed E-state index contributed by atoms with van der Waals surface area (Å²) >= 11 is 3.32. The third-order valence-corrected chi connectivity index (χ3v) is 4.45. The number of anilines is 2. The number of benzene rings is 1. The molecule has 0 aliphatic carbocycles. The van der Waals surface area contributed by atoms with Crippen molar-refractivity contribution in [2.75, 3.05) is 11.9 Å². The molecule has 0 radical (unpaired) electrons. The molecule has 3 N–H and O–H groups in total. The zero-order chi connectivity index (χ0) is 17.4. The van der Waals surface area contributed by atoms with Crippen LogP contribution in [0.1, 0.15) is 25.5 Å². The first kappa shape index (κ1) is 16.1. The van der Waals surface area contributed by atoms with Gasteiger partial charge in [0, 0.05) is 12.7 Å². The van der Waals surface area contributed by atoms with Crippen molar-refractivity contribution in [1.82, 2.24) is 19.5 Å². The van der Waals surface area contributed by atoms with Crippen molar-refractivity contribution in [3.8, 4) is 11.5 Å². The molecule has 4 rings (SSSR count). The van der Waals surface area contributed by atoms with Crippen molar-refractivity contribution in [2.24, 2.45) is 0 Å². The van der Waals surface area contributed by atoms with E-state index >= 15 is 0 Å². The van der Waals surface area contributed by atoms with Crippen molar-refractivity contribution in [3.05, 3.63) is 29.3 Å². The summed E-state index contributed by atoms with van der Waals surface area (Å²) in [6.07, 6.45) is 4.66. The molecule has 8 nitrogen and oxygen atoms in total. The molecule has 1 aromatic carbocycles. The quantitative estimate of drug-likeness (QED) is 0.348. The van der Waals surface area contributed by atoms with E-state index in [1.54, 1.807) is 6.33 Å². The summed E-state index contributed by atoms with van der Waals surface area (Å²) in [4.78, 5) is 13.2. The summed E-state index contributed by atoms with van der Waals surface area (Å²) < 4.78 is 8.10. The van der Waals surface area contributed by atoms with Crippen molar-refractivity contribution in [1.29, 1.82) is 0 Å². The van der Waals surface area contributed by atoms with Gasteiger partial charge in [0.25, 0.3) is 0 Å². The monoisotopic (exact) mass is 405 g/mol. The molecule has 1 unspecified atom stereocenters. The number of ether oxygens (including phenoxy) is 1. The third kappa shape index (κ3) is 3.12. The molecular weight excluding hydrogens is 390 g/mol. The lowest BCUT2D eigenvalue weighted by molar-refractivity contribution is -0.0298. The highest BCUT2D eigenvalue weighted by Crippen LogP contribution is 2.33. The van der Waals surface area contributed by atoms with E-state index in [1.165, 1.54) is 18.2 Å². The first-order valence-electron chi connectivity index (χ1n) is 7.92. The van der Waals surface area contributed by atoms with Gasteiger partial charge in [-0.3, -0.25) is 4.57 Å². The normalized spacial score (nSPS) is 17.7. The largest absolute Gasteiger partial charge is 0.508 e. The van der Waals surface area contributed by atoms with Gasteiger partial charge in [-0.15, -0.1) is 0 Å². The first-order chi connectivity index (χ1) is 12.1. The molecule has 9 heteroatoms. The molecule has 1 aliphatic heterocycles. The summed E-state index contributed by atoms with van der Waals surface area (Å²) in [5.74, 6) is 0.453. The van der Waals surface area contributed by atoms with Crippen LogP contribution in [0.4, 0.5) is 11.5 Å². The van der Waals surface area contributed by atoms with Gasteiger partial charge in [-0.2, -0.15) is 0 Å². The van der Waals surface area contributed by atoms with E-state index < -0.39 is 0 Å². The maximum Gasteiger partial charge on any atom is 0.200 e. The second kappa shape index (κ2) is 6.49. The lowest BCUT2D eigenvalue weighted by Crippen LogP contribution is -2.17. The van der Waals surface area contributed by atoms with Crippen molar-refractivity contribution >= 4 is 38.6 Å². The van der Waals surface area contributed by atoms with Crippen LogP contribution in [0.3, 0.4) is 0 Å². The Morgan fingerprint density at radius 1 is 1.24 bits per heavy atom. The molecule has 3 aromatic rings. The number of aromatic hydroxyl groups is 2. The van der Waals surface area contributed by atoms with Gasteiger partial charge in [0.1, 0.15) is 17.7 Å². The second-order valence-electron chi connectivity index (χ2n) is 5.81. The predicted molar refractivity (Wildman–Crippen MR) is 94.9 cm³/mol. The van der Waals surface area contributed by atoms with Crippen molar-refractivity contribution in [2.45, 2.75) is 25.5 Å². The Balaban J connectivity index is 1.76. The average Bonchev–Trinajstić information content (AvgIpc) is 3.03. The Labute approximate surface area is 151 Å². The highest BCUT2D eigenvalue weighted by molar-refractivity contribution is 9.10. The summed E-state index contributed by atoms with van der Waals surface area (Å²) in [5.41, 5.74) is 1.52. The second-order valence-corrected chi connectivity index (χ2v) is 6.52. The Bertz CT molecular complexity index is 924. The van der Waals surface area contributed by atoms with Gasteiger partial charge in [0.05, 0.1) is 12.0 Å². The molecule has 130 valence electrons. The van der Waals surface area contributed by atoms with Crippen LogP contribution in [0, 0.1) is 0 Å². The van der Waals surface area contributed by atoms with Crippen LogP contribution < -0.4 is 5.32 Å². The highest BCUT2D eigenvalue weighted by Gasteiger charge is 2.21. The fraction of sp³-hybridized carbons (Fsp3) is 0.312. The number of aromatic nitrogens is 4. The molecular formula is C16H16BrN5O3. The van der Waals surface area contributed by atoms with Gasteiger partial charge in [-0.1, -0.05) is 0 Å². The Morgan fingerprint density at radius 3 is 2.92 bits per heavy atom. The Morgan fingerprint density at radius 2 is 2.12 bits per heavy atom. The van der Waals surface area contributed by atoms with Crippen LogP contribution in [0.2, 0.25) is 0 Å². The fourth-order valence-electron chi connectivity index (χ4n) is 2.88. The van der Waals surface area contributed by atoms with E-state index in [4.69, 9.17) is 4.74 Å². The number of phenols is 2. The van der Waals surface area contributed by atoms with Crippen LogP contribution >= 0.6 is 15.9 Å². The zero-order valence-corrected chi connectivity index (χ0v) is 14.8. The lowest BCUT2D eigenvalue weighted by Gasteiger charge is -2.23. The van der Waals surface area contributed by atoms with Gasteiger partial charge in [-0.25, -0.2) is 15.0 Å².